The van der Waals surface area contributed by atoms with E-state index >= 15 is 0 Å². The molecule has 0 aromatic heterocycles. The molecule has 2 heterocycles. The van der Waals surface area contributed by atoms with Crippen LogP contribution in [0.25, 0.3) is 0 Å². The topological polar surface area (TPSA) is 84.9 Å². The number of carbonyl (C=O) groups excluding carboxylic acids is 3. The minimum absolute atomic E-state index is 0.0956. The van der Waals surface area contributed by atoms with E-state index in [0.717, 1.165) is 16.7 Å². The lowest BCUT2D eigenvalue weighted by Gasteiger charge is -2.49. The summed E-state index contributed by atoms with van der Waals surface area (Å²) in [4.78, 5) is 40.9. The fourth-order valence-corrected chi connectivity index (χ4v) is 5.92. The molecule has 0 saturated carbocycles. The molecule has 2 aliphatic rings. The summed E-state index contributed by atoms with van der Waals surface area (Å²) in [6.07, 6.45) is 2.32. The Kier molecular flexibility index (Phi) is 8.13. The van der Waals surface area contributed by atoms with Crippen LogP contribution in [0.4, 0.5) is 4.79 Å². The Morgan fingerprint density at radius 2 is 1.56 bits per heavy atom. The maximum absolute atomic E-state index is 13.7. The molecule has 0 radical (unpaired) electrons. The van der Waals surface area contributed by atoms with E-state index in [2.05, 4.69) is 5.32 Å². The number of β-lactam (4-membered cyclic amide) rings is 1. The standard InChI is InChI=1S/C31H28N2O5S/c1-2-12-24-20-39-29-25(32-31(36)37-19-21-13-6-3-7-14-21)28(34)33(29)26(24)30(35)38-27(22-15-8-4-9-16-22)23-17-10-5-11-18-23/h2-18,25,27,29H,19-20H2,1H3,(H,32,36)/b12-2+. The van der Waals surface area contributed by atoms with E-state index in [1.807, 2.05) is 110 Å². The van der Waals surface area contributed by atoms with Crippen LogP contribution >= 0.6 is 11.8 Å². The van der Waals surface area contributed by atoms with Crippen molar-refractivity contribution in [3.63, 3.8) is 0 Å². The molecule has 0 spiro atoms. The second-order valence-electron chi connectivity index (χ2n) is 9.07. The number of allylic oxidation sites excluding steroid dienone is 2. The van der Waals surface area contributed by atoms with Crippen molar-refractivity contribution in [1.82, 2.24) is 10.2 Å². The summed E-state index contributed by atoms with van der Waals surface area (Å²) in [6.45, 7) is 1.95. The molecular weight excluding hydrogens is 512 g/mol. The summed E-state index contributed by atoms with van der Waals surface area (Å²) in [5.74, 6) is -0.486. The Hall–Kier alpha value is -4.30. The van der Waals surface area contributed by atoms with Gasteiger partial charge >= 0.3 is 12.1 Å². The molecule has 2 unspecified atom stereocenters. The minimum Gasteiger partial charge on any atom is -0.448 e. The van der Waals surface area contributed by atoms with Crippen LogP contribution < -0.4 is 5.32 Å². The van der Waals surface area contributed by atoms with Crippen molar-refractivity contribution in [2.24, 2.45) is 0 Å². The van der Waals surface area contributed by atoms with Gasteiger partial charge in [-0.1, -0.05) is 103 Å². The fraction of sp³-hybridized carbons (Fsp3) is 0.194. The minimum atomic E-state index is -0.799. The highest BCUT2D eigenvalue weighted by molar-refractivity contribution is 8.00. The summed E-state index contributed by atoms with van der Waals surface area (Å²) in [7, 11) is 0. The number of esters is 1. The molecule has 1 N–H and O–H groups in total. The third kappa shape index (κ3) is 5.76. The number of carbonyl (C=O) groups is 3. The number of thioether (sulfide) groups is 1. The van der Waals surface area contributed by atoms with Crippen LogP contribution in [0.1, 0.15) is 29.7 Å². The Morgan fingerprint density at radius 1 is 0.974 bits per heavy atom. The Labute approximate surface area is 231 Å². The first kappa shape index (κ1) is 26.3. The first-order valence-corrected chi connectivity index (χ1v) is 13.7. The fourth-order valence-electron chi connectivity index (χ4n) is 4.60. The summed E-state index contributed by atoms with van der Waals surface area (Å²) in [5.41, 5.74) is 3.39. The van der Waals surface area contributed by atoms with Gasteiger partial charge < -0.3 is 14.8 Å². The van der Waals surface area contributed by atoms with E-state index in [4.69, 9.17) is 9.47 Å². The van der Waals surface area contributed by atoms with Crippen molar-refractivity contribution < 1.29 is 23.9 Å². The molecule has 2 amide bonds. The SMILES string of the molecule is C/C=C/C1=C(C(=O)OC(c2ccccc2)c2ccccc2)N2C(=O)C(NC(=O)OCc3ccccc3)C2SC1. The van der Waals surface area contributed by atoms with Gasteiger partial charge in [0.2, 0.25) is 0 Å². The van der Waals surface area contributed by atoms with E-state index in [1.54, 1.807) is 0 Å². The van der Waals surface area contributed by atoms with E-state index in [9.17, 15) is 14.4 Å². The van der Waals surface area contributed by atoms with Crippen LogP contribution in [0.15, 0.2) is 114 Å². The van der Waals surface area contributed by atoms with Gasteiger partial charge in [-0.25, -0.2) is 9.59 Å². The molecule has 7 nitrogen and oxygen atoms in total. The summed E-state index contributed by atoms with van der Waals surface area (Å²) < 4.78 is 11.4. The highest BCUT2D eigenvalue weighted by Crippen LogP contribution is 2.42. The molecule has 3 aromatic rings. The molecule has 2 atom stereocenters. The third-order valence-corrected chi connectivity index (χ3v) is 7.78. The third-order valence-electron chi connectivity index (χ3n) is 6.47. The lowest BCUT2D eigenvalue weighted by molar-refractivity contribution is -0.153. The molecular formula is C31H28N2O5S. The van der Waals surface area contributed by atoms with Gasteiger partial charge in [0, 0.05) is 5.75 Å². The number of benzene rings is 3. The van der Waals surface area contributed by atoms with Crippen molar-refractivity contribution in [1.29, 1.82) is 0 Å². The number of rotatable bonds is 8. The number of hydrogen-bond donors (Lipinski definition) is 1. The number of fused-ring (bicyclic) bond motifs is 1. The van der Waals surface area contributed by atoms with Gasteiger partial charge in [-0.15, -0.1) is 11.8 Å². The van der Waals surface area contributed by atoms with Gasteiger partial charge in [-0.2, -0.15) is 0 Å². The van der Waals surface area contributed by atoms with Crippen LogP contribution in [0.5, 0.6) is 0 Å². The van der Waals surface area contributed by atoms with Gasteiger partial charge in [-0.05, 0) is 29.2 Å². The van der Waals surface area contributed by atoms with Crippen molar-refractivity contribution in [2.45, 2.75) is 31.1 Å². The summed E-state index contributed by atoms with van der Waals surface area (Å²) >= 11 is 1.48. The normalized spacial score (nSPS) is 18.5. The Balaban J connectivity index is 1.34. The van der Waals surface area contributed by atoms with Crippen molar-refractivity contribution in [3.05, 3.63) is 131 Å². The van der Waals surface area contributed by atoms with Crippen molar-refractivity contribution in [3.8, 4) is 0 Å². The molecule has 8 heteroatoms. The predicted molar refractivity (Wildman–Crippen MR) is 149 cm³/mol. The molecule has 0 bridgehead atoms. The number of alkyl carbamates (subject to hydrolysis) is 1. The van der Waals surface area contributed by atoms with Gasteiger partial charge in [0.05, 0.1) is 0 Å². The summed E-state index contributed by atoms with van der Waals surface area (Å²) in [6, 6.07) is 27.5. The van der Waals surface area contributed by atoms with Crippen LogP contribution in [0.2, 0.25) is 0 Å². The lowest BCUT2D eigenvalue weighted by atomic mass is 10.0. The maximum Gasteiger partial charge on any atom is 0.408 e. The summed E-state index contributed by atoms with van der Waals surface area (Å²) in [5, 5.41) is 2.23. The van der Waals surface area contributed by atoms with E-state index in [0.29, 0.717) is 11.3 Å². The smallest absolute Gasteiger partial charge is 0.408 e. The van der Waals surface area contributed by atoms with E-state index < -0.39 is 29.6 Å². The lowest BCUT2D eigenvalue weighted by Crippen LogP contribution is -2.70. The number of nitrogens with zero attached hydrogens (tertiary/aromatic N) is 1. The van der Waals surface area contributed by atoms with E-state index in [1.165, 1.54) is 16.7 Å². The molecule has 198 valence electrons. The van der Waals surface area contributed by atoms with Gasteiger partial charge in [-0.3, -0.25) is 9.69 Å². The number of nitrogens with one attached hydrogen (secondary N) is 1. The molecule has 1 saturated heterocycles. The Morgan fingerprint density at radius 3 is 2.15 bits per heavy atom. The zero-order valence-corrected chi connectivity index (χ0v) is 22.2. The zero-order valence-electron chi connectivity index (χ0n) is 21.4. The highest BCUT2D eigenvalue weighted by Gasteiger charge is 2.54. The van der Waals surface area contributed by atoms with Crippen molar-refractivity contribution >= 4 is 29.7 Å². The van der Waals surface area contributed by atoms with Crippen LogP contribution in [0.3, 0.4) is 0 Å². The molecule has 1 fully saturated rings. The second kappa shape index (κ2) is 12.0. The second-order valence-corrected chi connectivity index (χ2v) is 10.2. The number of hydrogen-bond acceptors (Lipinski definition) is 6. The number of ether oxygens (including phenoxy) is 2. The molecule has 3 aromatic carbocycles. The average molecular weight is 541 g/mol. The van der Waals surface area contributed by atoms with Crippen molar-refractivity contribution in [2.75, 3.05) is 5.75 Å². The maximum atomic E-state index is 13.7. The van der Waals surface area contributed by atoms with Gasteiger partial charge in [0.15, 0.2) is 6.10 Å². The van der Waals surface area contributed by atoms with Gasteiger partial charge in [0.1, 0.15) is 23.7 Å². The largest absolute Gasteiger partial charge is 0.448 e. The first-order valence-electron chi connectivity index (χ1n) is 12.7. The quantitative estimate of drug-likeness (QED) is 0.306. The highest BCUT2D eigenvalue weighted by atomic mass is 32.2. The molecule has 5 rings (SSSR count). The zero-order chi connectivity index (χ0) is 27.2. The van der Waals surface area contributed by atoms with Crippen LogP contribution in [0, 0.1) is 0 Å². The van der Waals surface area contributed by atoms with Crippen LogP contribution in [-0.2, 0) is 25.7 Å². The molecule has 0 aliphatic carbocycles. The average Bonchev–Trinajstić information content (AvgIpc) is 2.98. The predicted octanol–water partition coefficient (Wildman–Crippen LogP) is 5.36. The van der Waals surface area contributed by atoms with Crippen LogP contribution in [-0.4, -0.2) is 40.0 Å². The first-order chi connectivity index (χ1) is 19.1. The van der Waals surface area contributed by atoms with E-state index in [-0.39, 0.29) is 18.2 Å². The monoisotopic (exact) mass is 540 g/mol. The Bertz CT molecular complexity index is 1350. The number of amides is 2. The molecule has 2 aliphatic heterocycles. The molecule has 39 heavy (non-hydrogen) atoms. The van der Waals surface area contributed by atoms with Gasteiger partial charge in [0.25, 0.3) is 5.91 Å².